The van der Waals surface area contributed by atoms with Gasteiger partial charge in [-0.25, -0.2) is 9.78 Å². The molecule has 0 radical (unpaired) electrons. The molecule has 0 N–H and O–H groups in total. The van der Waals surface area contributed by atoms with Gasteiger partial charge in [0.15, 0.2) is 0 Å². The Bertz CT molecular complexity index is 974. The summed E-state index contributed by atoms with van der Waals surface area (Å²) in [6.07, 6.45) is 3.31. The summed E-state index contributed by atoms with van der Waals surface area (Å²) >= 11 is 0. The number of rotatable bonds is 3. The van der Waals surface area contributed by atoms with E-state index in [4.69, 9.17) is 9.68 Å². The number of imidazole rings is 1. The first-order valence-corrected chi connectivity index (χ1v) is 7.48. The normalized spacial score (nSPS) is 11.1. The number of aromatic nitrogens is 2. The van der Waals surface area contributed by atoms with Crippen LogP contribution in [-0.4, -0.2) is 9.55 Å². The summed E-state index contributed by atoms with van der Waals surface area (Å²) in [5.74, 6) is 0.699. The number of fused-ring (bicyclic) bond motifs is 1. The van der Waals surface area contributed by atoms with Crippen molar-refractivity contribution in [2.24, 2.45) is 0 Å². The fourth-order valence-electron chi connectivity index (χ4n) is 2.88. The van der Waals surface area contributed by atoms with Crippen molar-refractivity contribution in [1.29, 1.82) is 5.26 Å². The van der Waals surface area contributed by atoms with E-state index < -0.39 is 0 Å². The van der Waals surface area contributed by atoms with Gasteiger partial charge in [0, 0.05) is 23.8 Å². The van der Waals surface area contributed by atoms with Gasteiger partial charge in [-0.05, 0) is 41.7 Å². The molecule has 0 unspecified atom stereocenters. The minimum atomic E-state index is -0.386. The van der Waals surface area contributed by atoms with E-state index in [1.165, 1.54) is 11.6 Å². The van der Waals surface area contributed by atoms with Crippen molar-refractivity contribution in [2.45, 2.75) is 33.2 Å². The number of hydrogen-bond donors (Lipinski definition) is 0. The predicted molar refractivity (Wildman–Crippen MR) is 87.4 cm³/mol. The van der Waals surface area contributed by atoms with Gasteiger partial charge in [0.05, 0.1) is 6.54 Å². The van der Waals surface area contributed by atoms with Crippen LogP contribution in [0.25, 0.3) is 11.0 Å². The van der Waals surface area contributed by atoms with Crippen molar-refractivity contribution < 1.29 is 4.42 Å². The van der Waals surface area contributed by atoms with Gasteiger partial charge in [-0.2, -0.15) is 5.26 Å². The second-order valence-electron chi connectivity index (χ2n) is 5.94. The molecule has 2 heterocycles. The van der Waals surface area contributed by atoms with Gasteiger partial charge in [0.25, 0.3) is 0 Å². The number of nitriles is 1. The lowest BCUT2D eigenvalue weighted by Gasteiger charge is -2.13. The zero-order chi connectivity index (χ0) is 16.6. The molecule has 0 aliphatic carbocycles. The third-order valence-electron chi connectivity index (χ3n) is 4.00. The maximum absolute atomic E-state index is 11.9. The highest BCUT2D eigenvalue weighted by molar-refractivity contribution is 5.82. The van der Waals surface area contributed by atoms with E-state index in [0.29, 0.717) is 23.9 Å². The SMILES string of the molecule is Cc1cc2oc(=O)cc(Cn3ccnc3C#N)c2cc1C(C)C. The Balaban J connectivity index is 2.21. The van der Waals surface area contributed by atoms with Crippen molar-refractivity contribution in [3.63, 3.8) is 0 Å². The summed E-state index contributed by atoms with van der Waals surface area (Å²) in [7, 11) is 0. The molecule has 0 aliphatic rings. The highest BCUT2D eigenvalue weighted by Gasteiger charge is 2.12. The Labute approximate surface area is 133 Å². The Hall–Kier alpha value is -2.87. The van der Waals surface area contributed by atoms with Gasteiger partial charge < -0.3 is 8.98 Å². The molecule has 0 fully saturated rings. The van der Waals surface area contributed by atoms with E-state index in [1.54, 1.807) is 17.0 Å². The molecule has 5 nitrogen and oxygen atoms in total. The van der Waals surface area contributed by atoms with E-state index in [0.717, 1.165) is 16.5 Å². The van der Waals surface area contributed by atoms with Crippen molar-refractivity contribution in [3.05, 3.63) is 63.5 Å². The van der Waals surface area contributed by atoms with Gasteiger partial charge in [0.1, 0.15) is 11.7 Å². The molecule has 0 atom stereocenters. The monoisotopic (exact) mass is 307 g/mol. The standard InChI is InChI=1S/C18H17N3O2/c1-11(2)14-8-15-13(10-21-5-4-20-17(21)9-19)7-18(22)23-16(15)6-12(14)3/h4-8,11H,10H2,1-3H3. The second kappa shape index (κ2) is 5.73. The average molecular weight is 307 g/mol. The third-order valence-corrected chi connectivity index (χ3v) is 4.00. The molecule has 2 aromatic heterocycles. The molecule has 1 aromatic carbocycles. The second-order valence-corrected chi connectivity index (χ2v) is 5.94. The van der Waals surface area contributed by atoms with Crippen LogP contribution in [0.15, 0.2) is 39.8 Å². The largest absolute Gasteiger partial charge is 0.423 e. The van der Waals surface area contributed by atoms with Crippen LogP contribution in [-0.2, 0) is 6.54 Å². The van der Waals surface area contributed by atoms with Crippen LogP contribution in [0.4, 0.5) is 0 Å². The lowest BCUT2D eigenvalue weighted by atomic mass is 9.95. The van der Waals surface area contributed by atoms with Crippen molar-refractivity contribution in [1.82, 2.24) is 9.55 Å². The molecule has 0 amide bonds. The first-order chi connectivity index (χ1) is 11.0. The summed E-state index contributed by atoms with van der Waals surface area (Å²) in [6.45, 7) is 6.70. The van der Waals surface area contributed by atoms with Gasteiger partial charge in [-0.15, -0.1) is 0 Å². The molecule has 3 rings (SSSR count). The molecule has 0 spiro atoms. The van der Waals surface area contributed by atoms with E-state index in [1.807, 2.05) is 19.1 Å². The molecule has 5 heteroatoms. The predicted octanol–water partition coefficient (Wildman–Crippen LogP) is 3.34. The van der Waals surface area contributed by atoms with Crippen LogP contribution in [0.3, 0.4) is 0 Å². The Morgan fingerprint density at radius 1 is 1.35 bits per heavy atom. The summed E-state index contributed by atoms with van der Waals surface area (Å²) in [6, 6.07) is 7.53. The zero-order valence-electron chi connectivity index (χ0n) is 13.3. The van der Waals surface area contributed by atoms with Crippen LogP contribution in [0, 0.1) is 18.3 Å². The van der Waals surface area contributed by atoms with E-state index in [9.17, 15) is 4.79 Å². The molecule has 0 bridgehead atoms. The van der Waals surface area contributed by atoms with Crippen LogP contribution < -0.4 is 5.63 Å². The van der Waals surface area contributed by atoms with Crippen LogP contribution in [0.1, 0.15) is 42.3 Å². The van der Waals surface area contributed by atoms with Crippen molar-refractivity contribution in [3.8, 4) is 6.07 Å². The smallest absolute Gasteiger partial charge is 0.336 e. The average Bonchev–Trinajstić information content (AvgIpc) is 2.93. The molecular formula is C18H17N3O2. The zero-order valence-corrected chi connectivity index (χ0v) is 13.3. The number of hydrogen-bond acceptors (Lipinski definition) is 4. The summed E-state index contributed by atoms with van der Waals surface area (Å²) in [5, 5.41) is 9.99. The van der Waals surface area contributed by atoms with E-state index in [2.05, 4.69) is 24.9 Å². The Kier molecular flexibility index (Phi) is 3.75. The summed E-state index contributed by atoms with van der Waals surface area (Å²) < 4.78 is 7.07. The van der Waals surface area contributed by atoms with Crippen molar-refractivity contribution in [2.75, 3.05) is 0 Å². The molecule has 3 aromatic rings. The number of nitrogens with zero attached hydrogens (tertiary/aromatic N) is 3. The third kappa shape index (κ3) is 2.76. The maximum Gasteiger partial charge on any atom is 0.336 e. The lowest BCUT2D eigenvalue weighted by Crippen LogP contribution is -2.07. The highest BCUT2D eigenvalue weighted by Crippen LogP contribution is 2.27. The number of benzene rings is 1. The molecule has 0 saturated carbocycles. The number of aryl methyl sites for hydroxylation is 1. The molecular weight excluding hydrogens is 290 g/mol. The van der Waals surface area contributed by atoms with Gasteiger partial charge in [0.2, 0.25) is 5.82 Å². The van der Waals surface area contributed by atoms with E-state index in [-0.39, 0.29) is 5.63 Å². The lowest BCUT2D eigenvalue weighted by molar-refractivity contribution is 0.557. The summed E-state index contributed by atoms with van der Waals surface area (Å²) in [4.78, 5) is 15.9. The highest BCUT2D eigenvalue weighted by atomic mass is 16.4. The molecule has 0 aliphatic heterocycles. The molecule has 0 saturated heterocycles. The fraction of sp³-hybridized carbons (Fsp3) is 0.278. The Morgan fingerprint density at radius 3 is 2.83 bits per heavy atom. The van der Waals surface area contributed by atoms with E-state index >= 15 is 0 Å². The topological polar surface area (TPSA) is 71.8 Å². The van der Waals surface area contributed by atoms with Gasteiger partial charge in [-0.3, -0.25) is 0 Å². The Morgan fingerprint density at radius 2 is 2.13 bits per heavy atom. The van der Waals surface area contributed by atoms with Gasteiger partial charge in [-0.1, -0.05) is 13.8 Å². The molecule has 23 heavy (non-hydrogen) atoms. The minimum absolute atomic E-state index is 0.322. The van der Waals surface area contributed by atoms with Crippen LogP contribution in [0.2, 0.25) is 0 Å². The maximum atomic E-state index is 11.9. The van der Waals surface area contributed by atoms with Crippen LogP contribution >= 0.6 is 0 Å². The first-order valence-electron chi connectivity index (χ1n) is 7.48. The van der Waals surface area contributed by atoms with Gasteiger partial charge >= 0.3 is 5.63 Å². The fourth-order valence-corrected chi connectivity index (χ4v) is 2.88. The minimum Gasteiger partial charge on any atom is -0.423 e. The first kappa shape index (κ1) is 15.0. The quantitative estimate of drug-likeness (QED) is 0.696. The van der Waals surface area contributed by atoms with Crippen molar-refractivity contribution >= 4 is 11.0 Å². The molecule has 116 valence electrons. The van der Waals surface area contributed by atoms with Crippen LogP contribution in [0.5, 0.6) is 0 Å². The summed E-state index contributed by atoms with van der Waals surface area (Å²) in [5.41, 5.74) is 3.34.